The third kappa shape index (κ3) is 2.77. The predicted octanol–water partition coefficient (Wildman–Crippen LogP) is 1.72. The van der Waals surface area contributed by atoms with Crippen LogP contribution in [0.3, 0.4) is 0 Å². The first-order chi connectivity index (χ1) is 7.15. The van der Waals surface area contributed by atoms with Gasteiger partial charge in [-0.1, -0.05) is 0 Å². The van der Waals surface area contributed by atoms with E-state index in [0.29, 0.717) is 0 Å². The molecule has 1 aromatic rings. The highest BCUT2D eigenvalue weighted by atomic mass is 32.1. The van der Waals surface area contributed by atoms with Crippen molar-refractivity contribution in [1.29, 1.82) is 0 Å². The SMILES string of the molecule is Cc1nc(CN2CCCC(O)C2)sc1C. The van der Waals surface area contributed by atoms with Gasteiger partial charge in [-0.2, -0.15) is 0 Å². The highest BCUT2D eigenvalue weighted by molar-refractivity contribution is 7.11. The van der Waals surface area contributed by atoms with Crippen LogP contribution in [0.5, 0.6) is 0 Å². The molecule has 2 rings (SSSR count). The molecule has 4 heteroatoms. The lowest BCUT2D eigenvalue weighted by Gasteiger charge is -2.29. The highest BCUT2D eigenvalue weighted by Crippen LogP contribution is 2.20. The van der Waals surface area contributed by atoms with E-state index in [-0.39, 0.29) is 6.10 Å². The van der Waals surface area contributed by atoms with Gasteiger partial charge in [-0.05, 0) is 33.2 Å². The van der Waals surface area contributed by atoms with Crippen molar-refractivity contribution in [2.24, 2.45) is 0 Å². The first kappa shape index (κ1) is 11.0. The zero-order valence-corrected chi connectivity index (χ0v) is 10.2. The summed E-state index contributed by atoms with van der Waals surface area (Å²) in [6, 6.07) is 0. The molecule has 0 aromatic carbocycles. The fourth-order valence-electron chi connectivity index (χ4n) is 1.97. The summed E-state index contributed by atoms with van der Waals surface area (Å²) in [4.78, 5) is 8.13. The van der Waals surface area contributed by atoms with E-state index in [2.05, 4.69) is 23.7 Å². The number of piperidine rings is 1. The molecule has 1 aliphatic heterocycles. The van der Waals surface area contributed by atoms with Gasteiger partial charge in [-0.25, -0.2) is 4.98 Å². The number of aliphatic hydroxyl groups excluding tert-OH is 1. The number of hydrogen-bond donors (Lipinski definition) is 1. The molecule has 0 spiro atoms. The first-order valence-electron chi connectivity index (χ1n) is 5.48. The fraction of sp³-hybridized carbons (Fsp3) is 0.727. The Labute approximate surface area is 94.8 Å². The molecule has 1 saturated heterocycles. The van der Waals surface area contributed by atoms with Gasteiger partial charge in [0, 0.05) is 11.4 Å². The van der Waals surface area contributed by atoms with E-state index in [9.17, 15) is 5.11 Å². The second kappa shape index (κ2) is 4.60. The van der Waals surface area contributed by atoms with Crippen molar-refractivity contribution in [3.63, 3.8) is 0 Å². The van der Waals surface area contributed by atoms with E-state index in [1.54, 1.807) is 11.3 Å². The van der Waals surface area contributed by atoms with Crippen molar-refractivity contribution in [1.82, 2.24) is 9.88 Å². The third-order valence-corrected chi connectivity index (χ3v) is 3.97. The maximum atomic E-state index is 9.56. The molecular formula is C11H18N2OS. The van der Waals surface area contributed by atoms with Crippen LogP contribution in [0.15, 0.2) is 0 Å². The van der Waals surface area contributed by atoms with Crippen LogP contribution in [0.4, 0.5) is 0 Å². The highest BCUT2D eigenvalue weighted by Gasteiger charge is 2.18. The summed E-state index contributed by atoms with van der Waals surface area (Å²) in [7, 11) is 0. The summed E-state index contributed by atoms with van der Waals surface area (Å²) >= 11 is 1.77. The fourth-order valence-corrected chi connectivity index (χ4v) is 2.95. The summed E-state index contributed by atoms with van der Waals surface area (Å²) < 4.78 is 0. The van der Waals surface area contributed by atoms with Crippen LogP contribution in [0, 0.1) is 13.8 Å². The maximum absolute atomic E-state index is 9.56. The number of β-amino-alcohol motifs (C(OH)–C–C–N with tert-alkyl or cyclic N) is 1. The number of aromatic nitrogens is 1. The van der Waals surface area contributed by atoms with Crippen molar-refractivity contribution in [3.8, 4) is 0 Å². The monoisotopic (exact) mass is 226 g/mol. The van der Waals surface area contributed by atoms with E-state index < -0.39 is 0 Å². The quantitative estimate of drug-likeness (QED) is 0.834. The molecule has 0 amide bonds. The summed E-state index contributed by atoms with van der Waals surface area (Å²) in [5.41, 5.74) is 1.15. The Morgan fingerprint density at radius 3 is 2.93 bits per heavy atom. The average molecular weight is 226 g/mol. The number of thiazole rings is 1. The zero-order valence-electron chi connectivity index (χ0n) is 9.36. The molecule has 0 saturated carbocycles. The first-order valence-corrected chi connectivity index (χ1v) is 6.30. The molecular weight excluding hydrogens is 208 g/mol. The Balaban J connectivity index is 1.96. The Bertz CT molecular complexity index is 318. The summed E-state index contributed by atoms with van der Waals surface area (Å²) in [5.74, 6) is 0. The summed E-state index contributed by atoms with van der Waals surface area (Å²) in [5, 5.41) is 10.7. The van der Waals surface area contributed by atoms with E-state index in [4.69, 9.17) is 0 Å². The Morgan fingerprint density at radius 2 is 2.33 bits per heavy atom. The topological polar surface area (TPSA) is 36.4 Å². The van der Waals surface area contributed by atoms with Crippen molar-refractivity contribution in [2.75, 3.05) is 13.1 Å². The van der Waals surface area contributed by atoms with Gasteiger partial charge in [-0.3, -0.25) is 4.90 Å². The minimum absolute atomic E-state index is 0.138. The number of aliphatic hydroxyl groups is 1. The lowest BCUT2D eigenvalue weighted by molar-refractivity contribution is 0.0668. The van der Waals surface area contributed by atoms with Crippen molar-refractivity contribution >= 4 is 11.3 Å². The maximum Gasteiger partial charge on any atom is 0.107 e. The van der Waals surface area contributed by atoms with Crippen molar-refractivity contribution in [3.05, 3.63) is 15.6 Å². The number of likely N-dealkylation sites (tertiary alicyclic amines) is 1. The lowest BCUT2D eigenvalue weighted by Crippen LogP contribution is -2.37. The molecule has 0 bridgehead atoms. The number of rotatable bonds is 2. The molecule has 0 aliphatic carbocycles. The minimum Gasteiger partial charge on any atom is -0.392 e. The lowest BCUT2D eigenvalue weighted by atomic mass is 10.1. The Morgan fingerprint density at radius 1 is 1.53 bits per heavy atom. The molecule has 15 heavy (non-hydrogen) atoms. The molecule has 1 unspecified atom stereocenters. The van der Waals surface area contributed by atoms with Gasteiger partial charge in [-0.15, -0.1) is 11.3 Å². The van der Waals surface area contributed by atoms with Crippen LogP contribution < -0.4 is 0 Å². The molecule has 2 heterocycles. The molecule has 0 radical (unpaired) electrons. The Hall–Kier alpha value is -0.450. The van der Waals surface area contributed by atoms with Gasteiger partial charge >= 0.3 is 0 Å². The second-order valence-corrected chi connectivity index (χ2v) is 5.57. The van der Waals surface area contributed by atoms with Crippen molar-refractivity contribution in [2.45, 2.75) is 39.3 Å². The van der Waals surface area contributed by atoms with Gasteiger partial charge in [0.2, 0.25) is 0 Å². The molecule has 1 aliphatic rings. The zero-order chi connectivity index (χ0) is 10.8. The minimum atomic E-state index is -0.138. The summed E-state index contributed by atoms with van der Waals surface area (Å²) in [6.07, 6.45) is 1.91. The number of hydrogen-bond acceptors (Lipinski definition) is 4. The second-order valence-electron chi connectivity index (χ2n) is 4.28. The van der Waals surface area contributed by atoms with Gasteiger partial charge in [0.1, 0.15) is 5.01 Å². The third-order valence-electron chi connectivity index (χ3n) is 2.91. The van der Waals surface area contributed by atoms with Crippen LogP contribution >= 0.6 is 11.3 Å². The van der Waals surface area contributed by atoms with Gasteiger partial charge in [0.15, 0.2) is 0 Å². The van der Waals surface area contributed by atoms with Crippen LogP contribution in [0.2, 0.25) is 0 Å². The number of aryl methyl sites for hydroxylation is 2. The van der Waals surface area contributed by atoms with Crippen LogP contribution in [0.25, 0.3) is 0 Å². The largest absolute Gasteiger partial charge is 0.392 e. The van der Waals surface area contributed by atoms with Gasteiger partial charge in [0.25, 0.3) is 0 Å². The normalized spacial score (nSPS) is 23.3. The molecule has 1 aromatic heterocycles. The Kier molecular flexibility index (Phi) is 3.38. The predicted molar refractivity (Wildman–Crippen MR) is 62.1 cm³/mol. The molecule has 1 N–H and O–H groups in total. The van der Waals surface area contributed by atoms with E-state index in [1.807, 2.05) is 0 Å². The standard InChI is InChI=1S/C11H18N2OS/c1-8-9(2)15-11(12-8)7-13-5-3-4-10(14)6-13/h10,14H,3-7H2,1-2H3. The molecule has 3 nitrogen and oxygen atoms in total. The smallest absolute Gasteiger partial charge is 0.107 e. The van der Waals surface area contributed by atoms with Gasteiger partial charge < -0.3 is 5.11 Å². The van der Waals surface area contributed by atoms with Crippen molar-refractivity contribution < 1.29 is 5.11 Å². The van der Waals surface area contributed by atoms with E-state index >= 15 is 0 Å². The number of nitrogens with zero attached hydrogens (tertiary/aromatic N) is 2. The average Bonchev–Trinajstić information content (AvgIpc) is 2.45. The van der Waals surface area contributed by atoms with Crippen LogP contribution in [-0.2, 0) is 6.54 Å². The molecule has 84 valence electrons. The van der Waals surface area contributed by atoms with Crippen LogP contribution in [0.1, 0.15) is 28.4 Å². The molecule has 1 atom stereocenters. The van der Waals surface area contributed by atoms with E-state index in [1.165, 1.54) is 9.88 Å². The van der Waals surface area contributed by atoms with E-state index in [0.717, 1.165) is 38.2 Å². The van der Waals surface area contributed by atoms with Crippen LogP contribution in [-0.4, -0.2) is 34.2 Å². The van der Waals surface area contributed by atoms with Gasteiger partial charge in [0.05, 0.1) is 18.3 Å². The summed E-state index contributed by atoms with van der Waals surface area (Å²) in [6.45, 7) is 6.96. The molecule has 1 fully saturated rings.